The number of amides is 1. The van der Waals surface area contributed by atoms with Crippen LogP contribution in [0.5, 0.6) is 5.75 Å². The number of thiophene rings is 1. The van der Waals surface area contributed by atoms with Crippen molar-refractivity contribution < 1.29 is 19.1 Å². The Labute approximate surface area is 194 Å². The molecule has 0 aliphatic carbocycles. The highest BCUT2D eigenvalue weighted by Gasteiger charge is 2.23. The normalized spacial score (nSPS) is 10.6. The van der Waals surface area contributed by atoms with E-state index in [0.717, 1.165) is 27.6 Å². The lowest BCUT2D eigenvalue weighted by molar-refractivity contribution is -0.118. The van der Waals surface area contributed by atoms with Crippen LogP contribution in [0.25, 0.3) is 11.1 Å². The van der Waals surface area contributed by atoms with Crippen LogP contribution in [-0.2, 0) is 16.0 Å². The minimum atomic E-state index is -0.464. The Morgan fingerprint density at radius 1 is 1.10 bits per heavy atom. The van der Waals surface area contributed by atoms with Gasteiger partial charge in [-0.2, -0.15) is 0 Å². The topological polar surface area (TPSA) is 64.6 Å². The van der Waals surface area contributed by atoms with Crippen LogP contribution in [-0.4, -0.2) is 25.1 Å². The first kappa shape index (κ1) is 23.0. The molecule has 31 heavy (non-hydrogen) atoms. The third kappa shape index (κ3) is 5.74. The maximum absolute atomic E-state index is 12.6. The molecule has 2 aromatic carbocycles. The third-order valence-corrected chi connectivity index (χ3v) is 6.16. The van der Waals surface area contributed by atoms with Crippen LogP contribution >= 0.6 is 27.3 Å². The monoisotopic (exact) mass is 501 g/mol. The lowest BCUT2D eigenvalue weighted by atomic mass is 10.0. The Hall–Kier alpha value is -2.64. The van der Waals surface area contributed by atoms with Crippen molar-refractivity contribution in [2.24, 2.45) is 0 Å². The second-order valence-electron chi connectivity index (χ2n) is 6.90. The van der Waals surface area contributed by atoms with Crippen molar-refractivity contribution in [3.8, 4) is 16.9 Å². The number of ether oxygens (including phenoxy) is 2. The SMILES string of the molecule is CCOC(=O)c1c(-c2ccc(C)cc2)csc1NC(=O)COc1ccc(CC)cc1Br. The molecule has 0 aliphatic heterocycles. The summed E-state index contributed by atoms with van der Waals surface area (Å²) in [5.74, 6) is -0.229. The summed E-state index contributed by atoms with van der Waals surface area (Å²) in [5, 5.41) is 5.10. The molecule has 7 heteroatoms. The predicted molar refractivity (Wildman–Crippen MR) is 128 cm³/mol. The van der Waals surface area contributed by atoms with Crippen molar-refractivity contribution in [3.05, 3.63) is 69.0 Å². The number of hydrogen-bond donors (Lipinski definition) is 1. The van der Waals surface area contributed by atoms with Gasteiger partial charge in [0.2, 0.25) is 0 Å². The molecule has 1 heterocycles. The van der Waals surface area contributed by atoms with E-state index in [1.807, 2.05) is 54.8 Å². The fourth-order valence-electron chi connectivity index (χ4n) is 2.99. The number of halogens is 1. The van der Waals surface area contributed by atoms with Crippen LogP contribution in [0.4, 0.5) is 5.00 Å². The summed E-state index contributed by atoms with van der Waals surface area (Å²) in [5.41, 5.74) is 4.28. The molecule has 0 bridgehead atoms. The molecule has 0 saturated heterocycles. The minimum Gasteiger partial charge on any atom is -0.483 e. The van der Waals surface area contributed by atoms with Gasteiger partial charge in [-0.3, -0.25) is 4.79 Å². The fraction of sp³-hybridized carbons (Fsp3) is 0.250. The van der Waals surface area contributed by atoms with Crippen molar-refractivity contribution in [2.75, 3.05) is 18.5 Å². The lowest BCUT2D eigenvalue weighted by Gasteiger charge is -2.11. The van der Waals surface area contributed by atoms with E-state index in [0.29, 0.717) is 16.3 Å². The summed E-state index contributed by atoms with van der Waals surface area (Å²) in [6.45, 7) is 5.90. The molecule has 1 N–H and O–H groups in total. The maximum Gasteiger partial charge on any atom is 0.341 e. The molecule has 0 fully saturated rings. The van der Waals surface area contributed by atoms with Crippen molar-refractivity contribution in [1.82, 2.24) is 0 Å². The van der Waals surface area contributed by atoms with Gasteiger partial charge in [0.25, 0.3) is 5.91 Å². The van der Waals surface area contributed by atoms with E-state index in [-0.39, 0.29) is 19.1 Å². The van der Waals surface area contributed by atoms with Gasteiger partial charge in [0.05, 0.1) is 11.1 Å². The molecule has 1 aromatic heterocycles. The third-order valence-electron chi connectivity index (χ3n) is 4.65. The highest BCUT2D eigenvalue weighted by molar-refractivity contribution is 9.10. The number of carbonyl (C=O) groups is 2. The molecule has 3 aromatic rings. The Morgan fingerprint density at radius 2 is 1.84 bits per heavy atom. The zero-order valence-corrected chi connectivity index (χ0v) is 20.1. The van der Waals surface area contributed by atoms with Crippen LogP contribution in [0, 0.1) is 6.92 Å². The molecule has 5 nitrogen and oxygen atoms in total. The molecular weight excluding hydrogens is 478 g/mol. The average Bonchev–Trinajstić information content (AvgIpc) is 3.17. The molecule has 0 saturated carbocycles. The van der Waals surface area contributed by atoms with Gasteiger partial charge in [-0.25, -0.2) is 4.79 Å². The smallest absolute Gasteiger partial charge is 0.341 e. The predicted octanol–water partition coefficient (Wildman–Crippen LogP) is 6.24. The van der Waals surface area contributed by atoms with Gasteiger partial charge >= 0.3 is 5.97 Å². The maximum atomic E-state index is 12.6. The van der Waals surface area contributed by atoms with E-state index in [4.69, 9.17) is 9.47 Å². The van der Waals surface area contributed by atoms with Gasteiger partial charge in [0.15, 0.2) is 6.61 Å². The van der Waals surface area contributed by atoms with Crippen molar-refractivity contribution in [2.45, 2.75) is 27.2 Å². The number of hydrogen-bond acceptors (Lipinski definition) is 5. The standard InChI is InChI=1S/C24H24BrNO4S/c1-4-16-8-11-20(19(25)12-16)30-13-21(27)26-23-22(24(28)29-5-2)18(14-31-23)17-9-6-15(3)7-10-17/h6-12,14H,4-5,13H2,1-3H3,(H,26,27). The molecule has 0 atom stereocenters. The first-order valence-electron chi connectivity index (χ1n) is 9.99. The van der Waals surface area contributed by atoms with E-state index in [2.05, 4.69) is 28.2 Å². The summed E-state index contributed by atoms with van der Waals surface area (Å²) in [6.07, 6.45) is 0.914. The summed E-state index contributed by atoms with van der Waals surface area (Å²) in [4.78, 5) is 25.2. The van der Waals surface area contributed by atoms with E-state index in [1.54, 1.807) is 6.92 Å². The highest BCUT2D eigenvalue weighted by Crippen LogP contribution is 2.36. The molecule has 162 valence electrons. The number of anilines is 1. The number of rotatable bonds is 8. The summed E-state index contributed by atoms with van der Waals surface area (Å²) < 4.78 is 11.7. The number of carbonyl (C=O) groups excluding carboxylic acids is 2. The van der Waals surface area contributed by atoms with Crippen molar-refractivity contribution in [1.29, 1.82) is 0 Å². The quantitative estimate of drug-likeness (QED) is 0.370. The first-order valence-corrected chi connectivity index (χ1v) is 11.7. The second kappa shape index (κ2) is 10.6. The lowest BCUT2D eigenvalue weighted by Crippen LogP contribution is -2.21. The summed E-state index contributed by atoms with van der Waals surface area (Å²) in [7, 11) is 0. The zero-order valence-electron chi connectivity index (χ0n) is 17.7. The zero-order chi connectivity index (χ0) is 22.4. The van der Waals surface area contributed by atoms with Crippen molar-refractivity contribution in [3.63, 3.8) is 0 Å². The minimum absolute atomic E-state index is 0.176. The first-order chi connectivity index (χ1) is 14.9. The Bertz CT molecular complexity index is 1080. The largest absolute Gasteiger partial charge is 0.483 e. The van der Waals surface area contributed by atoms with Gasteiger partial charge in [0.1, 0.15) is 16.3 Å². The molecular formula is C24H24BrNO4S. The van der Waals surface area contributed by atoms with Gasteiger partial charge < -0.3 is 14.8 Å². The van der Waals surface area contributed by atoms with Gasteiger partial charge in [0, 0.05) is 10.9 Å². The van der Waals surface area contributed by atoms with Gasteiger partial charge in [-0.05, 0) is 59.5 Å². The number of esters is 1. The molecule has 0 spiro atoms. The van der Waals surface area contributed by atoms with Crippen LogP contribution in [0.15, 0.2) is 52.3 Å². The number of nitrogens with one attached hydrogen (secondary N) is 1. The van der Waals surface area contributed by atoms with Crippen LogP contribution in [0.2, 0.25) is 0 Å². The molecule has 0 unspecified atom stereocenters. The Morgan fingerprint density at radius 3 is 2.48 bits per heavy atom. The fourth-order valence-corrected chi connectivity index (χ4v) is 4.50. The molecule has 1 amide bonds. The molecule has 0 aliphatic rings. The number of benzene rings is 2. The van der Waals surface area contributed by atoms with Crippen LogP contribution in [0.1, 0.15) is 35.3 Å². The Kier molecular flexibility index (Phi) is 7.87. The summed E-state index contributed by atoms with van der Waals surface area (Å²) in [6, 6.07) is 13.6. The van der Waals surface area contributed by atoms with E-state index in [1.165, 1.54) is 16.9 Å². The highest BCUT2D eigenvalue weighted by atomic mass is 79.9. The van der Waals surface area contributed by atoms with E-state index < -0.39 is 5.97 Å². The van der Waals surface area contributed by atoms with E-state index in [9.17, 15) is 9.59 Å². The Balaban J connectivity index is 1.78. The van der Waals surface area contributed by atoms with E-state index >= 15 is 0 Å². The second-order valence-corrected chi connectivity index (χ2v) is 8.63. The summed E-state index contributed by atoms with van der Waals surface area (Å²) >= 11 is 4.76. The van der Waals surface area contributed by atoms with Crippen molar-refractivity contribution >= 4 is 44.1 Å². The van der Waals surface area contributed by atoms with Gasteiger partial charge in [-0.1, -0.05) is 42.8 Å². The van der Waals surface area contributed by atoms with Crippen LogP contribution < -0.4 is 10.1 Å². The molecule has 0 radical (unpaired) electrons. The van der Waals surface area contributed by atoms with Gasteiger partial charge in [-0.15, -0.1) is 11.3 Å². The molecule has 3 rings (SSSR count). The van der Waals surface area contributed by atoms with Crippen LogP contribution in [0.3, 0.4) is 0 Å². The average molecular weight is 502 g/mol. The number of aryl methyl sites for hydroxylation is 2.